The lowest BCUT2D eigenvalue weighted by Crippen LogP contribution is -2.53. The van der Waals surface area contributed by atoms with E-state index in [2.05, 4.69) is 0 Å². The maximum absolute atomic E-state index is 13.4. The van der Waals surface area contributed by atoms with Crippen molar-refractivity contribution < 1.29 is 9.72 Å². The topological polar surface area (TPSA) is 94.7 Å². The highest BCUT2D eigenvalue weighted by molar-refractivity contribution is 8.02. The first-order valence-corrected chi connectivity index (χ1v) is 15.0. The Labute approximate surface area is 253 Å². The van der Waals surface area contributed by atoms with E-state index in [4.69, 9.17) is 10.2 Å². The second-order valence-corrected chi connectivity index (χ2v) is 12.0. The number of nitrogens with zero attached hydrogens (tertiary/aromatic N) is 6. The first-order chi connectivity index (χ1) is 20.9. The number of nitro benzene ring substituents is 1. The van der Waals surface area contributed by atoms with Crippen molar-refractivity contribution in [1.82, 2.24) is 0 Å². The smallest absolute Gasteiger partial charge is 0.269 e. The molecule has 9 nitrogen and oxygen atoms in total. The number of hydrogen-bond donors (Lipinski definition) is 0. The van der Waals surface area contributed by atoms with Crippen LogP contribution in [0.2, 0.25) is 0 Å². The molecular weight excluding hydrogens is 560 g/mol. The lowest BCUT2D eigenvalue weighted by Gasteiger charge is -2.40. The summed E-state index contributed by atoms with van der Waals surface area (Å²) in [5.74, 6) is 0.430. The number of rotatable bonds is 6. The summed E-state index contributed by atoms with van der Waals surface area (Å²) in [4.78, 5) is 25.5. The van der Waals surface area contributed by atoms with Crippen molar-refractivity contribution in [3.8, 4) is 0 Å². The number of non-ortho nitro benzene ring substituents is 1. The van der Waals surface area contributed by atoms with Gasteiger partial charge in [0.15, 0.2) is 4.99 Å². The van der Waals surface area contributed by atoms with Crippen LogP contribution in [-0.2, 0) is 4.79 Å². The Morgan fingerprint density at radius 1 is 0.837 bits per heavy atom. The van der Waals surface area contributed by atoms with Crippen LogP contribution in [0, 0.1) is 10.1 Å². The highest BCUT2D eigenvalue weighted by Crippen LogP contribution is 2.50. The van der Waals surface area contributed by atoms with Gasteiger partial charge in [0.1, 0.15) is 0 Å². The van der Waals surface area contributed by atoms with Gasteiger partial charge in [0, 0.05) is 36.4 Å². The molecule has 1 spiro atoms. The number of para-hydroxylation sites is 2. The maximum Gasteiger partial charge on any atom is 0.269 e. The molecule has 10 heteroatoms. The Kier molecular flexibility index (Phi) is 6.70. The van der Waals surface area contributed by atoms with Crippen LogP contribution in [0.4, 0.5) is 22.7 Å². The van der Waals surface area contributed by atoms with Crippen molar-refractivity contribution in [3.05, 3.63) is 130 Å². The summed E-state index contributed by atoms with van der Waals surface area (Å²) in [5, 5.41) is 25.1. The molecule has 2 unspecified atom stereocenters. The number of hydrogen-bond acceptors (Lipinski definition) is 8. The average Bonchev–Trinajstić information content (AvgIpc) is 3.73. The Morgan fingerprint density at radius 3 is 2.14 bits per heavy atom. The van der Waals surface area contributed by atoms with Crippen LogP contribution in [0.25, 0.3) is 0 Å². The predicted molar refractivity (Wildman–Crippen MR) is 172 cm³/mol. The Balaban J connectivity index is 1.20. The molecule has 43 heavy (non-hydrogen) atoms. The molecule has 1 fully saturated rings. The molecule has 1 saturated heterocycles. The van der Waals surface area contributed by atoms with E-state index in [0.717, 1.165) is 39.6 Å². The number of benzene rings is 4. The van der Waals surface area contributed by atoms with E-state index in [0.29, 0.717) is 18.6 Å². The Bertz CT molecular complexity index is 1750. The molecule has 0 aliphatic carbocycles. The third-order valence-corrected chi connectivity index (χ3v) is 9.35. The van der Waals surface area contributed by atoms with Gasteiger partial charge in [-0.25, -0.2) is 5.01 Å². The number of carbonyl (C=O) groups excluding carboxylic acids is 1. The lowest BCUT2D eigenvalue weighted by atomic mass is 9.97. The van der Waals surface area contributed by atoms with Crippen LogP contribution in [-0.4, -0.2) is 33.0 Å². The molecule has 0 saturated carbocycles. The summed E-state index contributed by atoms with van der Waals surface area (Å²) in [6.45, 7) is 2.01. The Hall–Kier alpha value is -4.96. The number of anilines is 3. The van der Waals surface area contributed by atoms with E-state index in [9.17, 15) is 14.9 Å². The molecule has 3 heterocycles. The first kappa shape index (κ1) is 26.9. The van der Waals surface area contributed by atoms with Crippen LogP contribution in [0.5, 0.6) is 0 Å². The minimum atomic E-state index is -0.653. The quantitative estimate of drug-likeness (QED) is 0.178. The van der Waals surface area contributed by atoms with Gasteiger partial charge in [-0.1, -0.05) is 72.4 Å². The summed E-state index contributed by atoms with van der Waals surface area (Å²) in [7, 11) is 0. The molecule has 0 N–H and O–H groups in total. The monoisotopic (exact) mass is 588 g/mol. The molecular formula is C33H28N6O3S. The van der Waals surface area contributed by atoms with Gasteiger partial charge in [-0.3, -0.25) is 24.8 Å². The Morgan fingerprint density at radius 2 is 1.49 bits per heavy atom. The molecule has 1 amide bonds. The third kappa shape index (κ3) is 4.73. The van der Waals surface area contributed by atoms with Crippen molar-refractivity contribution in [3.63, 3.8) is 0 Å². The molecule has 0 radical (unpaired) electrons. The average molecular weight is 589 g/mol. The first-order valence-electron chi connectivity index (χ1n) is 14.1. The molecule has 3 aliphatic heterocycles. The van der Waals surface area contributed by atoms with Crippen LogP contribution in [0.15, 0.2) is 119 Å². The highest BCUT2D eigenvalue weighted by atomic mass is 32.2. The number of hydrazone groups is 2. The molecule has 4 aromatic carbocycles. The van der Waals surface area contributed by atoms with Crippen LogP contribution < -0.4 is 14.9 Å². The number of thioether (sulfide) groups is 1. The molecule has 4 aromatic rings. The van der Waals surface area contributed by atoms with E-state index in [-0.39, 0.29) is 22.6 Å². The van der Waals surface area contributed by atoms with E-state index in [1.165, 1.54) is 0 Å². The summed E-state index contributed by atoms with van der Waals surface area (Å²) >= 11 is 1.61. The van der Waals surface area contributed by atoms with Crippen LogP contribution >= 0.6 is 11.8 Å². The zero-order valence-electron chi connectivity index (χ0n) is 23.4. The third-order valence-electron chi connectivity index (χ3n) is 7.99. The minimum absolute atomic E-state index is 0.0512. The molecule has 214 valence electrons. The van der Waals surface area contributed by atoms with Crippen molar-refractivity contribution in [1.29, 1.82) is 0 Å². The van der Waals surface area contributed by atoms with E-state index < -0.39 is 4.99 Å². The van der Waals surface area contributed by atoms with Crippen molar-refractivity contribution in [2.75, 3.05) is 20.7 Å². The second kappa shape index (κ2) is 10.7. The summed E-state index contributed by atoms with van der Waals surface area (Å²) < 4.78 is 0. The van der Waals surface area contributed by atoms with Crippen molar-refractivity contribution in [2.24, 2.45) is 10.2 Å². The number of nitro groups is 1. The lowest BCUT2D eigenvalue weighted by molar-refractivity contribution is -0.384. The van der Waals surface area contributed by atoms with Gasteiger partial charge in [0.05, 0.1) is 33.8 Å². The van der Waals surface area contributed by atoms with Gasteiger partial charge in [-0.05, 0) is 54.4 Å². The van der Waals surface area contributed by atoms with Gasteiger partial charge < -0.3 is 0 Å². The zero-order valence-corrected chi connectivity index (χ0v) is 24.2. The normalized spacial score (nSPS) is 21.5. The summed E-state index contributed by atoms with van der Waals surface area (Å²) in [5.41, 5.74) is 6.55. The largest absolute Gasteiger partial charge is 0.277 e. The molecule has 0 bridgehead atoms. The molecule has 2 atom stereocenters. The number of carbonyl (C=O) groups is 1. The summed E-state index contributed by atoms with van der Waals surface area (Å²) in [6.07, 6.45) is 1.28. The van der Waals surface area contributed by atoms with Crippen LogP contribution in [0.3, 0.4) is 0 Å². The highest BCUT2D eigenvalue weighted by Gasteiger charge is 2.55. The van der Waals surface area contributed by atoms with Gasteiger partial charge in [0.2, 0.25) is 5.91 Å². The van der Waals surface area contributed by atoms with E-state index >= 15 is 0 Å². The zero-order chi connectivity index (χ0) is 29.6. The fourth-order valence-electron chi connectivity index (χ4n) is 6.04. The van der Waals surface area contributed by atoms with Crippen LogP contribution in [0.1, 0.15) is 36.9 Å². The van der Waals surface area contributed by atoms with Gasteiger partial charge in [0.25, 0.3) is 5.69 Å². The maximum atomic E-state index is 13.4. The van der Waals surface area contributed by atoms with Crippen molar-refractivity contribution in [2.45, 2.75) is 30.8 Å². The second-order valence-electron chi connectivity index (χ2n) is 10.8. The molecule has 7 rings (SSSR count). The van der Waals surface area contributed by atoms with Gasteiger partial charge in [-0.2, -0.15) is 10.2 Å². The number of amides is 1. The molecule has 3 aliphatic rings. The minimum Gasteiger partial charge on any atom is -0.277 e. The van der Waals surface area contributed by atoms with Gasteiger partial charge >= 0.3 is 0 Å². The fourth-order valence-corrected chi connectivity index (χ4v) is 7.44. The standard InChI is InChI=1S/C33H28N6O3S/c1-23-21-33(38(34-23)28-10-6-3-7-11-28)36(32(40)22-43-33)26-16-12-24(13-17-26)30-20-31(25-14-18-29(19-15-25)39(41)42)37(35-30)27-8-4-2-5-9-27/h2-19,31H,20-22H2,1H3. The van der Waals surface area contributed by atoms with E-state index in [1.54, 1.807) is 36.0 Å². The molecule has 0 aromatic heterocycles. The summed E-state index contributed by atoms with van der Waals surface area (Å²) in [6, 6.07) is 34.5. The van der Waals surface area contributed by atoms with Gasteiger partial charge in [-0.15, -0.1) is 0 Å². The van der Waals surface area contributed by atoms with Crippen molar-refractivity contribution >= 4 is 51.8 Å². The predicted octanol–water partition coefficient (Wildman–Crippen LogP) is 6.97. The van der Waals surface area contributed by atoms with E-state index in [1.807, 2.05) is 107 Å². The SMILES string of the molecule is CC1=NN(c2ccccc2)C2(C1)SCC(=O)N2c1ccc(C2=NN(c3ccccc3)C(c3ccc([N+](=O)[O-])cc3)C2)cc1. The fraction of sp³-hybridized carbons (Fsp3) is 0.182.